The number of nitrogens with one attached hydrogen (secondary N) is 1. The van der Waals surface area contributed by atoms with E-state index in [0.29, 0.717) is 5.02 Å². The van der Waals surface area contributed by atoms with Gasteiger partial charge in [0.15, 0.2) is 0 Å². The number of methoxy groups -OCH3 is 1. The lowest BCUT2D eigenvalue weighted by Gasteiger charge is -2.42. The molecule has 1 fully saturated rings. The molecule has 1 aromatic rings. The predicted molar refractivity (Wildman–Crippen MR) is 83.7 cm³/mol. The molecule has 1 aliphatic heterocycles. The molecular weight excluding hydrogens is 290 g/mol. The molecular formula is C15H26ClN3O2. The number of aryl methyl sites for hydroxylation is 1. The molecule has 0 radical (unpaired) electrons. The maximum atomic E-state index is 6.44. The van der Waals surface area contributed by atoms with Crippen molar-refractivity contribution in [1.29, 1.82) is 0 Å². The van der Waals surface area contributed by atoms with Gasteiger partial charge in [0.1, 0.15) is 0 Å². The lowest BCUT2D eigenvalue weighted by Crippen LogP contribution is -2.50. The number of likely N-dealkylation sites (N-methyl/N-ethyl adjacent to an activating group) is 1. The molecule has 0 aromatic carbocycles. The second-order valence-corrected chi connectivity index (χ2v) is 5.88. The molecule has 21 heavy (non-hydrogen) atoms. The number of aromatic nitrogens is 2. The third-order valence-corrected chi connectivity index (χ3v) is 4.51. The van der Waals surface area contributed by atoms with Gasteiger partial charge in [-0.2, -0.15) is 5.10 Å². The van der Waals surface area contributed by atoms with Gasteiger partial charge in [-0.1, -0.05) is 25.4 Å². The first-order chi connectivity index (χ1) is 10.2. The van der Waals surface area contributed by atoms with Crippen molar-refractivity contribution < 1.29 is 9.47 Å². The van der Waals surface area contributed by atoms with Crippen LogP contribution in [0.4, 0.5) is 0 Å². The molecule has 120 valence electrons. The standard InChI is InChI=1S/C15H26ClN3O2/c1-4-8-19-13(12(16)11-18-19)14(17-5-2)15(20-3)6-9-21-10-7-15/h11,14,17H,4-10H2,1-3H3. The smallest absolute Gasteiger partial charge is 0.0932 e. The van der Waals surface area contributed by atoms with Gasteiger partial charge < -0.3 is 14.8 Å². The molecule has 1 N–H and O–H groups in total. The van der Waals surface area contributed by atoms with Crippen LogP contribution in [0, 0.1) is 0 Å². The summed E-state index contributed by atoms with van der Waals surface area (Å²) in [6.07, 6.45) is 4.47. The second kappa shape index (κ2) is 7.58. The van der Waals surface area contributed by atoms with Crippen molar-refractivity contribution in [2.75, 3.05) is 26.9 Å². The summed E-state index contributed by atoms with van der Waals surface area (Å²) in [5.74, 6) is 0. The number of halogens is 1. The fourth-order valence-corrected chi connectivity index (χ4v) is 3.36. The minimum Gasteiger partial charge on any atom is -0.381 e. The molecule has 1 aliphatic rings. The van der Waals surface area contributed by atoms with Crippen molar-refractivity contribution in [1.82, 2.24) is 15.1 Å². The van der Waals surface area contributed by atoms with E-state index in [9.17, 15) is 0 Å². The monoisotopic (exact) mass is 315 g/mol. The highest BCUT2D eigenvalue weighted by Crippen LogP contribution is 2.39. The van der Waals surface area contributed by atoms with E-state index in [1.165, 1.54) is 0 Å². The van der Waals surface area contributed by atoms with Gasteiger partial charge in [0.05, 0.1) is 28.6 Å². The lowest BCUT2D eigenvalue weighted by molar-refractivity contribution is -0.112. The summed E-state index contributed by atoms with van der Waals surface area (Å²) in [7, 11) is 1.78. The van der Waals surface area contributed by atoms with E-state index in [-0.39, 0.29) is 11.6 Å². The Morgan fingerprint density at radius 3 is 2.76 bits per heavy atom. The number of nitrogens with zero attached hydrogens (tertiary/aromatic N) is 2. The van der Waals surface area contributed by atoms with Gasteiger partial charge in [-0.05, 0) is 13.0 Å². The second-order valence-electron chi connectivity index (χ2n) is 5.47. The van der Waals surface area contributed by atoms with Crippen molar-refractivity contribution >= 4 is 11.6 Å². The summed E-state index contributed by atoms with van der Waals surface area (Å²) in [5.41, 5.74) is 0.743. The molecule has 1 aromatic heterocycles. The van der Waals surface area contributed by atoms with Crippen LogP contribution in [0.5, 0.6) is 0 Å². The third-order valence-electron chi connectivity index (χ3n) is 4.22. The van der Waals surface area contributed by atoms with E-state index < -0.39 is 0 Å². The molecule has 0 saturated carbocycles. The Hall–Kier alpha value is -0.620. The van der Waals surface area contributed by atoms with Crippen molar-refractivity contribution in [3.8, 4) is 0 Å². The van der Waals surface area contributed by atoms with Crippen LogP contribution in [-0.4, -0.2) is 42.2 Å². The minimum atomic E-state index is -0.288. The van der Waals surface area contributed by atoms with Crippen molar-refractivity contribution in [2.45, 2.75) is 51.3 Å². The van der Waals surface area contributed by atoms with Gasteiger partial charge >= 0.3 is 0 Å². The molecule has 1 atom stereocenters. The summed E-state index contributed by atoms with van der Waals surface area (Å²) in [5, 5.41) is 8.69. The molecule has 0 bridgehead atoms. The first-order valence-electron chi connectivity index (χ1n) is 7.76. The Bertz CT molecular complexity index is 444. The first-order valence-corrected chi connectivity index (χ1v) is 8.13. The average molecular weight is 316 g/mol. The van der Waals surface area contributed by atoms with Crippen LogP contribution < -0.4 is 5.32 Å². The minimum absolute atomic E-state index is 0.0259. The maximum absolute atomic E-state index is 6.44. The normalized spacial score (nSPS) is 19.6. The molecule has 2 heterocycles. The molecule has 0 amide bonds. The van der Waals surface area contributed by atoms with Crippen LogP contribution >= 0.6 is 11.6 Å². The van der Waals surface area contributed by atoms with Crippen molar-refractivity contribution in [3.05, 3.63) is 16.9 Å². The summed E-state index contributed by atoms with van der Waals surface area (Å²) in [4.78, 5) is 0. The Labute approximate surface area is 131 Å². The van der Waals surface area contributed by atoms with Gasteiger partial charge in [0.2, 0.25) is 0 Å². The van der Waals surface area contributed by atoms with Gasteiger partial charge in [-0.3, -0.25) is 4.68 Å². The Kier molecular flexibility index (Phi) is 6.05. The van der Waals surface area contributed by atoms with Crippen LogP contribution in [0.1, 0.15) is 44.8 Å². The maximum Gasteiger partial charge on any atom is 0.0932 e. The lowest BCUT2D eigenvalue weighted by atomic mass is 9.84. The highest BCUT2D eigenvalue weighted by molar-refractivity contribution is 6.31. The summed E-state index contributed by atoms with van der Waals surface area (Å²) in [6, 6.07) is 0.0259. The summed E-state index contributed by atoms with van der Waals surface area (Å²) >= 11 is 6.44. The van der Waals surface area contributed by atoms with Crippen LogP contribution in [-0.2, 0) is 16.0 Å². The van der Waals surface area contributed by atoms with E-state index in [1.54, 1.807) is 13.3 Å². The zero-order chi connectivity index (χ0) is 15.3. The van der Waals surface area contributed by atoms with Crippen molar-refractivity contribution in [3.63, 3.8) is 0 Å². The Morgan fingerprint density at radius 1 is 1.48 bits per heavy atom. The molecule has 2 rings (SSSR count). The van der Waals surface area contributed by atoms with Gasteiger partial charge in [-0.15, -0.1) is 0 Å². The van der Waals surface area contributed by atoms with E-state index in [0.717, 1.165) is 51.3 Å². The van der Waals surface area contributed by atoms with Crippen molar-refractivity contribution in [2.24, 2.45) is 0 Å². The zero-order valence-corrected chi connectivity index (χ0v) is 13.9. The first kappa shape index (κ1) is 16.7. The predicted octanol–water partition coefficient (Wildman–Crippen LogP) is 2.79. The van der Waals surface area contributed by atoms with E-state index >= 15 is 0 Å². The highest BCUT2D eigenvalue weighted by atomic mass is 35.5. The van der Waals surface area contributed by atoms with Crippen LogP contribution in [0.25, 0.3) is 0 Å². The molecule has 5 nitrogen and oxygen atoms in total. The van der Waals surface area contributed by atoms with Gasteiger partial charge in [-0.25, -0.2) is 0 Å². The number of hydrogen-bond acceptors (Lipinski definition) is 4. The summed E-state index contributed by atoms with van der Waals surface area (Å²) in [6.45, 7) is 7.39. The summed E-state index contributed by atoms with van der Waals surface area (Å²) < 4.78 is 13.5. The van der Waals surface area contributed by atoms with E-state index in [2.05, 4.69) is 24.3 Å². The molecule has 1 unspecified atom stereocenters. The topological polar surface area (TPSA) is 48.3 Å². The van der Waals surface area contributed by atoms with Gasteiger partial charge in [0, 0.05) is 39.7 Å². The SMILES string of the molecule is CCCn1ncc(Cl)c1C(NCC)C1(OC)CCOCC1. The average Bonchev–Trinajstić information content (AvgIpc) is 2.87. The Morgan fingerprint density at radius 2 is 2.19 bits per heavy atom. The Balaban J connectivity index is 2.39. The third kappa shape index (κ3) is 3.42. The molecule has 0 aliphatic carbocycles. The highest BCUT2D eigenvalue weighted by Gasteiger charge is 2.43. The molecule has 1 saturated heterocycles. The fraction of sp³-hybridized carbons (Fsp3) is 0.800. The van der Waals surface area contributed by atoms with Crippen LogP contribution in [0.2, 0.25) is 5.02 Å². The quantitative estimate of drug-likeness (QED) is 0.840. The molecule has 0 spiro atoms. The fourth-order valence-electron chi connectivity index (χ4n) is 3.11. The molecule has 6 heteroatoms. The number of ether oxygens (including phenoxy) is 2. The largest absolute Gasteiger partial charge is 0.381 e. The van der Waals surface area contributed by atoms with Crippen LogP contribution in [0.15, 0.2) is 6.20 Å². The van der Waals surface area contributed by atoms with Crippen LogP contribution in [0.3, 0.4) is 0 Å². The van der Waals surface area contributed by atoms with E-state index in [1.807, 2.05) is 4.68 Å². The number of hydrogen-bond donors (Lipinski definition) is 1. The van der Waals surface area contributed by atoms with Gasteiger partial charge in [0.25, 0.3) is 0 Å². The number of rotatable bonds is 7. The van der Waals surface area contributed by atoms with E-state index in [4.69, 9.17) is 21.1 Å². The zero-order valence-electron chi connectivity index (χ0n) is 13.2.